The highest BCUT2D eigenvalue weighted by atomic mass is 16.5. The number of rotatable bonds is 3. The molecular formula is C24H23N3O5. The maximum Gasteiger partial charge on any atom is 0.339 e. The molecule has 0 saturated heterocycles. The van der Waals surface area contributed by atoms with Gasteiger partial charge in [-0.2, -0.15) is 5.26 Å². The summed E-state index contributed by atoms with van der Waals surface area (Å²) < 4.78 is 10.9. The zero-order valence-corrected chi connectivity index (χ0v) is 17.7. The predicted molar refractivity (Wildman–Crippen MR) is 116 cm³/mol. The van der Waals surface area contributed by atoms with E-state index in [2.05, 4.69) is 5.32 Å². The summed E-state index contributed by atoms with van der Waals surface area (Å²) in [6.45, 7) is 3.47. The number of aliphatic hydroxyl groups excluding tert-OH is 1. The van der Waals surface area contributed by atoms with Gasteiger partial charge in [-0.3, -0.25) is 4.79 Å². The Morgan fingerprint density at radius 2 is 1.84 bits per heavy atom. The predicted octanol–water partition coefficient (Wildman–Crippen LogP) is 2.62. The second-order valence-electron chi connectivity index (χ2n) is 7.01. The summed E-state index contributed by atoms with van der Waals surface area (Å²) in [4.78, 5) is 26.4. The van der Waals surface area contributed by atoms with Gasteiger partial charge in [0.1, 0.15) is 29.6 Å². The number of nitrogens with two attached hydrogens (primary N) is 1. The van der Waals surface area contributed by atoms with Crippen LogP contribution in [0, 0.1) is 11.3 Å². The summed E-state index contributed by atoms with van der Waals surface area (Å²) >= 11 is 0. The zero-order valence-electron chi connectivity index (χ0n) is 17.7. The van der Waals surface area contributed by atoms with Gasteiger partial charge in [-0.15, -0.1) is 0 Å². The first-order chi connectivity index (χ1) is 15.4. The van der Waals surface area contributed by atoms with Crippen LogP contribution in [0.3, 0.4) is 0 Å². The van der Waals surface area contributed by atoms with Crippen LogP contribution in [0.1, 0.15) is 25.0 Å². The smallest absolute Gasteiger partial charge is 0.339 e. The van der Waals surface area contributed by atoms with Crippen molar-refractivity contribution in [3.63, 3.8) is 0 Å². The van der Waals surface area contributed by atoms with Gasteiger partial charge in [0.15, 0.2) is 5.41 Å². The van der Waals surface area contributed by atoms with E-state index in [1.807, 2.05) is 36.4 Å². The number of aliphatic hydroxyl groups is 1. The number of ether oxygens (including phenoxy) is 2. The van der Waals surface area contributed by atoms with E-state index in [0.717, 1.165) is 5.56 Å². The van der Waals surface area contributed by atoms with E-state index < -0.39 is 17.3 Å². The van der Waals surface area contributed by atoms with Gasteiger partial charge < -0.3 is 25.6 Å². The molecule has 2 aromatic carbocycles. The van der Waals surface area contributed by atoms with Crippen LogP contribution in [0.4, 0.5) is 5.69 Å². The van der Waals surface area contributed by atoms with E-state index in [9.17, 15) is 14.9 Å². The fourth-order valence-corrected chi connectivity index (χ4v) is 3.83. The van der Waals surface area contributed by atoms with E-state index in [-0.39, 0.29) is 36.0 Å². The molecule has 164 valence electrons. The number of para-hydroxylation sites is 1. The highest BCUT2D eigenvalue weighted by Crippen LogP contribution is 2.51. The summed E-state index contributed by atoms with van der Waals surface area (Å²) in [5.41, 5.74) is 5.78. The first-order valence-corrected chi connectivity index (χ1v) is 9.94. The van der Waals surface area contributed by atoms with Crippen LogP contribution in [0.2, 0.25) is 0 Å². The lowest BCUT2D eigenvalue weighted by Gasteiger charge is -2.33. The number of benzene rings is 2. The van der Waals surface area contributed by atoms with Gasteiger partial charge in [-0.05, 0) is 25.5 Å². The van der Waals surface area contributed by atoms with Crippen LogP contribution in [0.25, 0.3) is 0 Å². The minimum atomic E-state index is -1.72. The van der Waals surface area contributed by atoms with Crippen molar-refractivity contribution in [1.29, 1.82) is 5.26 Å². The SMILES string of the molecule is CC1=C(C(=O)OCc2ccccc2)C2(C(=O)Nc3ccccc32)C(C#N)=C(N)O1.CCO. The van der Waals surface area contributed by atoms with Crippen molar-refractivity contribution in [2.24, 2.45) is 5.73 Å². The number of hydrogen-bond donors (Lipinski definition) is 3. The molecule has 32 heavy (non-hydrogen) atoms. The summed E-state index contributed by atoms with van der Waals surface area (Å²) in [5.74, 6) is -1.39. The molecule has 1 amide bonds. The second-order valence-corrected chi connectivity index (χ2v) is 7.01. The Morgan fingerprint density at radius 3 is 2.50 bits per heavy atom. The average Bonchev–Trinajstić information content (AvgIpc) is 3.06. The molecule has 1 spiro atoms. The summed E-state index contributed by atoms with van der Waals surface area (Å²) in [6, 6.07) is 18.0. The van der Waals surface area contributed by atoms with E-state index in [1.165, 1.54) is 6.92 Å². The average molecular weight is 433 g/mol. The van der Waals surface area contributed by atoms with Gasteiger partial charge in [0.2, 0.25) is 11.8 Å². The Balaban J connectivity index is 0.000000913. The summed E-state index contributed by atoms with van der Waals surface area (Å²) in [5, 5.41) is 20.1. The van der Waals surface area contributed by atoms with Crippen LogP contribution in [0.15, 0.2) is 77.4 Å². The van der Waals surface area contributed by atoms with Gasteiger partial charge >= 0.3 is 5.97 Å². The van der Waals surface area contributed by atoms with Gasteiger partial charge in [-0.1, -0.05) is 48.5 Å². The molecule has 2 aliphatic heterocycles. The molecule has 8 heteroatoms. The normalized spacial score (nSPS) is 18.8. The van der Waals surface area contributed by atoms with Crippen LogP contribution in [-0.4, -0.2) is 23.6 Å². The van der Waals surface area contributed by atoms with Gasteiger partial charge in [0.25, 0.3) is 0 Å². The van der Waals surface area contributed by atoms with Crippen LogP contribution < -0.4 is 11.1 Å². The van der Waals surface area contributed by atoms with Crippen molar-refractivity contribution in [3.8, 4) is 6.07 Å². The van der Waals surface area contributed by atoms with Crippen molar-refractivity contribution in [2.45, 2.75) is 25.9 Å². The zero-order chi connectivity index (χ0) is 23.3. The number of carbonyl (C=O) groups excluding carboxylic acids is 2. The number of carbonyl (C=O) groups is 2. The Morgan fingerprint density at radius 1 is 1.22 bits per heavy atom. The van der Waals surface area contributed by atoms with Crippen molar-refractivity contribution < 1.29 is 24.2 Å². The minimum absolute atomic E-state index is 0.0108. The Labute approximate surface area is 185 Å². The number of nitrogens with zero attached hydrogens (tertiary/aromatic N) is 1. The molecular weight excluding hydrogens is 410 g/mol. The molecule has 0 aliphatic carbocycles. The lowest BCUT2D eigenvalue weighted by molar-refractivity contribution is -0.142. The molecule has 4 rings (SSSR count). The third-order valence-corrected chi connectivity index (χ3v) is 5.06. The molecule has 1 unspecified atom stereocenters. The monoisotopic (exact) mass is 433 g/mol. The maximum absolute atomic E-state index is 13.2. The van der Waals surface area contributed by atoms with Crippen LogP contribution in [-0.2, 0) is 31.1 Å². The van der Waals surface area contributed by atoms with Crippen molar-refractivity contribution >= 4 is 17.6 Å². The largest absolute Gasteiger partial charge is 0.457 e. The molecule has 4 N–H and O–H groups in total. The molecule has 2 aromatic rings. The minimum Gasteiger partial charge on any atom is -0.457 e. The third-order valence-electron chi connectivity index (χ3n) is 5.06. The number of hydrogen-bond acceptors (Lipinski definition) is 7. The van der Waals surface area contributed by atoms with Crippen molar-refractivity contribution in [3.05, 3.63) is 88.5 Å². The highest BCUT2D eigenvalue weighted by molar-refractivity contribution is 6.17. The molecule has 0 bridgehead atoms. The molecule has 8 nitrogen and oxygen atoms in total. The van der Waals surface area contributed by atoms with Crippen molar-refractivity contribution in [1.82, 2.24) is 0 Å². The maximum atomic E-state index is 13.2. The Hall–Kier alpha value is -4.09. The molecule has 0 saturated carbocycles. The topological polar surface area (TPSA) is 135 Å². The van der Waals surface area contributed by atoms with Crippen LogP contribution >= 0.6 is 0 Å². The first-order valence-electron chi connectivity index (χ1n) is 9.94. The molecule has 2 aliphatic rings. The van der Waals surface area contributed by atoms with Crippen LogP contribution in [0.5, 0.6) is 0 Å². The molecule has 0 radical (unpaired) electrons. The van der Waals surface area contributed by atoms with Crippen molar-refractivity contribution in [2.75, 3.05) is 11.9 Å². The summed E-state index contributed by atoms with van der Waals surface area (Å²) in [7, 11) is 0. The molecule has 1 atom stereocenters. The Kier molecular flexibility index (Phi) is 6.61. The Bertz CT molecular complexity index is 1150. The van der Waals surface area contributed by atoms with E-state index in [0.29, 0.717) is 11.3 Å². The molecule has 0 aromatic heterocycles. The fraction of sp³-hybridized carbons (Fsp3) is 0.208. The van der Waals surface area contributed by atoms with Gasteiger partial charge in [-0.25, -0.2) is 4.79 Å². The molecule has 2 heterocycles. The molecule has 0 fully saturated rings. The number of amides is 1. The lowest BCUT2D eigenvalue weighted by Crippen LogP contribution is -2.45. The van der Waals surface area contributed by atoms with Gasteiger partial charge in [0, 0.05) is 17.9 Å². The standard InChI is InChI=1S/C22H17N3O4.C2H6O/c1-13-18(20(26)28-12-14-7-3-2-4-8-14)22(16(11-23)19(24)29-13)15-9-5-6-10-17(15)25-21(22)27;1-2-3/h2-10H,12,24H2,1H3,(H,25,27);3H,2H2,1H3. The first kappa shape index (κ1) is 22.6. The van der Waals surface area contributed by atoms with E-state index in [4.69, 9.17) is 20.3 Å². The number of allylic oxidation sites excluding steroid dienone is 1. The second kappa shape index (κ2) is 9.37. The van der Waals surface area contributed by atoms with E-state index >= 15 is 0 Å². The number of fused-ring (bicyclic) bond motifs is 2. The fourth-order valence-electron chi connectivity index (χ4n) is 3.83. The lowest BCUT2D eigenvalue weighted by atomic mass is 9.68. The van der Waals surface area contributed by atoms with Gasteiger partial charge in [0.05, 0.1) is 0 Å². The highest BCUT2D eigenvalue weighted by Gasteiger charge is 2.59. The number of anilines is 1. The third kappa shape index (κ3) is 3.70. The quantitative estimate of drug-likeness (QED) is 0.633. The number of esters is 1. The number of nitriles is 1. The number of nitrogens with one attached hydrogen (secondary N) is 1. The summed E-state index contributed by atoms with van der Waals surface area (Å²) in [6.07, 6.45) is 0. The van der Waals surface area contributed by atoms with E-state index in [1.54, 1.807) is 31.2 Å².